The quantitative estimate of drug-likeness (QED) is 0.152. The van der Waals surface area contributed by atoms with Crippen LogP contribution in [0.25, 0.3) is 0 Å². The number of nitrogens with zero attached hydrogens (tertiary/aromatic N) is 1. The molecule has 12 heteroatoms. The summed E-state index contributed by atoms with van der Waals surface area (Å²) in [5, 5.41) is 0. The molecule has 0 amide bonds. The molecule has 0 spiro atoms. The summed E-state index contributed by atoms with van der Waals surface area (Å²) < 4.78 is 73.2. The smallest absolute Gasteiger partial charge is 0.489 e. The first-order valence-corrected chi connectivity index (χ1v) is 17.0. The van der Waals surface area contributed by atoms with E-state index in [0.29, 0.717) is 11.3 Å². The van der Waals surface area contributed by atoms with Gasteiger partial charge in [-0.3, -0.25) is 4.72 Å². The Morgan fingerprint density at radius 3 is 2.07 bits per heavy atom. The highest BCUT2D eigenvalue weighted by Gasteiger charge is 2.26. The highest BCUT2D eigenvalue weighted by Crippen LogP contribution is 2.29. The SMILES string of the molecule is COC(=O)OCC#CCN(Cc1cc(NS(=O)(=O)c2ccc(C)cc2)ccc1OCc1ccccc1)S(=O)(=O)c1ccc(C)cc1. The third-order valence-electron chi connectivity index (χ3n) is 6.70. The molecule has 10 nitrogen and oxygen atoms in total. The van der Waals surface area contributed by atoms with Gasteiger partial charge in [-0.25, -0.2) is 21.6 Å². The van der Waals surface area contributed by atoms with Crippen LogP contribution in [0.15, 0.2) is 107 Å². The average Bonchev–Trinajstić information content (AvgIpc) is 3.04. The first-order valence-electron chi connectivity index (χ1n) is 14.1. The number of aryl methyl sites for hydroxylation is 2. The lowest BCUT2D eigenvalue weighted by atomic mass is 10.1. The Balaban J connectivity index is 1.70. The number of hydrogen-bond acceptors (Lipinski definition) is 8. The summed E-state index contributed by atoms with van der Waals surface area (Å²) in [5.41, 5.74) is 3.29. The monoisotopic (exact) mass is 662 g/mol. The van der Waals surface area contributed by atoms with Crippen LogP contribution in [-0.4, -0.2) is 47.6 Å². The fourth-order valence-electron chi connectivity index (χ4n) is 4.20. The van der Waals surface area contributed by atoms with Gasteiger partial charge in [0.25, 0.3) is 10.0 Å². The standard InChI is InChI=1S/C34H34N2O8S2/c1-26-11-16-31(17-12-26)45(38,39)35-30-15-20-33(44-25-28-9-5-4-6-10-28)29(23-30)24-36(21-7-8-22-43-34(37)42-3)46(40,41)32-18-13-27(2)14-19-32/h4-6,9-20,23,35H,21-22,24-25H2,1-3H3. The van der Waals surface area contributed by atoms with Crippen LogP contribution in [0.3, 0.4) is 0 Å². The molecule has 0 heterocycles. The summed E-state index contributed by atoms with van der Waals surface area (Å²) in [6.07, 6.45) is -0.913. The van der Waals surface area contributed by atoms with E-state index in [9.17, 15) is 21.6 Å². The summed E-state index contributed by atoms with van der Waals surface area (Å²) in [6, 6.07) is 26.9. The Hall–Kier alpha value is -4.83. The molecule has 240 valence electrons. The molecule has 0 bridgehead atoms. The molecule has 1 N–H and O–H groups in total. The fraction of sp³-hybridized carbons (Fsp3) is 0.206. The lowest BCUT2D eigenvalue weighted by Gasteiger charge is -2.22. The van der Waals surface area contributed by atoms with E-state index in [-0.39, 0.29) is 41.8 Å². The molecule has 46 heavy (non-hydrogen) atoms. The van der Waals surface area contributed by atoms with Crippen LogP contribution < -0.4 is 9.46 Å². The Labute approximate surface area is 270 Å². The van der Waals surface area contributed by atoms with E-state index in [1.165, 1.54) is 30.3 Å². The van der Waals surface area contributed by atoms with E-state index in [2.05, 4.69) is 21.3 Å². The van der Waals surface area contributed by atoms with Crippen molar-refractivity contribution in [2.75, 3.05) is 25.0 Å². The molecule has 0 fully saturated rings. The molecule has 0 unspecified atom stereocenters. The maximum Gasteiger partial charge on any atom is 0.508 e. The van der Waals surface area contributed by atoms with Gasteiger partial charge in [0.2, 0.25) is 10.0 Å². The van der Waals surface area contributed by atoms with E-state index >= 15 is 0 Å². The van der Waals surface area contributed by atoms with Crippen molar-refractivity contribution in [1.29, 1.82) is 0 Å². The second kappa shape index (κ2) is 15.4. The number of hydrogen-bond donors (Lipinski definition) is 1. The van der Waals surface area contributed by atoms with E-state index in [0.717, 1.165) is 28.1 Å². The molecular formula is C34H34N2O8S2. The van der Waals surface area contributed by atoms with Crippen LogP contribution in [0.2, 0.25) is 0 Å². The molecule has 0 saturated carbocycles. The zero-order valence-electron chi connectivity index (χ0n) is 25.6. The molecule has 0 aliphatic rings. The summed E-state index contributed by atoms with van der Waals surface area (Å²) in [5.74, 6) is 5.72. The number of carbonyl (C=O) groups excluding carboxylic acids is 1. The van der Waals surface area contributed by atoms with E-state index in [1.807, 2.05) is 44.2 Å². The van der Waals surface area contributed by atoms with Crippen molar-refractivity contribution < 1.29 is 35.8 Å². The molecule has 0 aromatic heterocycles. The summed E-state index contributed by atoms with van der Waals surface area (Å²) in [7, 11) is -6.88. The molecule has 0 aliphatic carbocycles. The normalized spacial score (nSPS) is 11.3. The summed E-state index contributed by atoms with van der Waals surface area (Å²) in [4.78, 5) is 11.4. The number of methoxy groups -OCH3 is 1. The maximum absolute atomic E-state index is 13.9. The minimum absolute atomic E-state index is 0.0497. The van der Waals surface area contributed by atoms with Crippen molar-refractivity contribution in [3.8, 4) is 17.6 Å². The van der Waals surface area contributed by atoms with Gasteiger partial charge in [0.1, 0.15) is 12.4 Å². The molecule has 4 rings (SSSR count). The Bertz CT molecular complexity index is 1920. The Morgan fingerprint density at radius 2 is 1.43 bits per heavy atom. The number of sulfonamides is 2. The van der Waals surface area contributed by atoms with Crippen LogP contribution in [0.4, 0.5) is 10.5 Å². The molecule has 0 radical (unpaired) electrons. The molecule has 0 atom stereocenters. The van der Waals surface area contributed by atoms with E-state index < -0.39 is 26.2 Å². The van der Waals surface area contributed by atoms with Gasteiger partial charge in [-0.1, -0.05) is 77.6 Å². The highest BCUT2D eigenvalue weighted by atomic mass is 32.2. The van der Waals surface area contributed by atoms with Gasteiger partial charge in [-0.05, 0) is 61.9 Å². The van der Waals surface area contributed by atoms with Crippen molar-refractivity contribution in [1.82, 2.24) is 4.31 Å². The fourth-order valence-corrected chi connectivity index (χ4v) is 6.57. The minimum atomic E-state index is -4.10. The van der Waals surface area contributed by atoms with Crippen molar-refractivity contribution in [2.45, 2.75) is 36.8 Å². The summed E-state index contributed by atoms with van der Waals surface area (Å²) >= 11 is 0. The van der Waals surface area contributed by atoms with Crippen molar-refractivity contribution >= 4 is 31.9 Å². The Morgan fingerprint density at radius 1 is 0.804 bits per heavy atom. The van der Waals surface area contributed by atoms with Gasteiger partial charge in [0.05, 0.1) is 23.4 Å². The predicted molar refractivity (Wildman–Crippen MR) is 174 cm³/mol. The van der Waals surface area contributed by atoms with Gasteiger partial charge < -0.3 is 14.2 Å². The van der Waals surface area contributed by atoms with Gasteiger partial charge >= 0.3 is 6.16 Å². The van der Waals surface area contributed by atoms with Crippen molar-refractivity contribution in [3.63, 3.8) is 0 Å². The number of carbonyl (C=O) groups is 1. The van der Waals surface area contributed by atoms with E-state index in [1.54, 1.807) is 36.4 Å². The van der Waals surface area contributed by atoms with E-state index in [4.69, 9.17) is 9.47 Å². The maximum atomic E-state index is 13.9. The predicted octanol–water partition coefficient (Wildman–Crippen LogP) is 5.66. The lowest BCUT2D eigenvalue weighted by molar-refractivity contribution is 0.0832. The Kier molecular flexibility index (Phi) is 11.4. The number of anilines is 1. The minimum Gasteiger partial charge on any atom is -0.489 e. The van der Waals surface area contributed by atoms with Gasteiger partial charge in [0, 0.05) is 17.8 Å². The zero-order chi connectivity index (χ0) is 33.2. The number of benzene rings is 4. The van der Waals surface area contributed by atoms with Crippen LogP contribution in [0.1, 0.15) is 22.3 Å². The van der Waals surface area contributed by atoms with Crippen LogP contribution in [0.5, 0.6) is 5.75 Å². The van der Waals surface area contributed by atoms with Crippen LogP contribution in [-0.2, 0) is 42.7 Å². The second-order valence-electron chi connectivity index (χ2n) is 10.2. The van der Waals surface area contributed by atoms with Crippen molar-refractivity contribution in [3.05, 3.63) is 119 Å². The van der Waals surface area contributed by atoms with Crippen LogP contribution >= 0.6 is 0 Å². The lowest BCUT2D eigenvalue weighted by Crippen LogP contribution is -2.31. The molecular weight excluding hydrogens is 629 g/mol. The first kappa shape index (κ1) is 34.1. The number of nitrogens with one attached hydrogen (secondary N) is 1. The third kappa shape index (κ3) is 9.34. The average molecular weight is 663 g/mol. The largest absolute Gasteiger partial charge is 0.508 e. The molecule has 4 aromatic rings. The van der Waals surface area contributed by atoms with Gasteiger partial charge in [-0.15, -0.1) is 0 Å². The van der Waals surface area contributed by atoms with Crippen molar-refractivity contribution in [2.24, 2.45) is 0 Å². The molecule has 4 aromatic carbocycles. The summed E-state index contributed by atoms with van der Waals surface area (Å²) in [6.45, 7) is 3.12. The van der Waals surface area contributed by atoms with Crippen LogP contribution in [0, 0.1) is 25.7 Å². The zero-order valence-corrected chi connectivity index (χ0v) is 27.2. The third-order valence-corrected chi connectivity index (χ3v) is 9.90. The number of rotatable bonds is 12. The first-order chi connectivity index (χ1) is 22.0. The van der Waals surface area contributed by atoms with Gasteiger partial charge in [-0.2, -0.15) is 4.31 Å². The topological polar surface area (TPSA) is 128 Å². The molecule has 0 aliphatic heterocycles. The molecule has 0 saturated heterocycles. The van der Waals surface area contributed by atoms with Gasteiger partial charge in [0.15, 0.2) is 6.61 Å². The number of ether oxygens (including phenoxy) is 3. The highest BCUT2D eigenvalue weighted by molar-refractivity contribution is 7.92. The second-order valence-corrected chi connectivity index (χ2v) is 13.8.